The fourth-order valence-corrected chi connectivity index (χ4v) is 2.71. The van der Waals surface area contributed by atoms with Crippen LogP contribution in [0.5, 0.6) is 0 Å². The molecule has 2 aromatic rings. The van der Waals surface area contributed by atoms with E-state index in [2.05, 4.69) is 17.6 Å². The van der Waals surface area contributed by atoms with Gasteiger partial charge in [-0.1, -0.05) is 19.1 Å². The molecule has 0 amide bonds. The lowest BCUT2D eigenvalue weighted by molar-refractivity contribution is -0.115. The zero-order valence-electron chi connectivity index (χ0n) is 14.4. The quantitative estimate of drug-likeness (QED) is 0.651. The number of rotatable bonds is 6. The van der Waals surface area contributed by atoms with Crippen LogP contribution in [-0.4, -0.2) is 15.3 Å². The summed E-state index contributed by atoms with van der Waals surface area (Å²) in [6, 6.07) is 6.14. The van der Waals surface area contributed by atoms with Crippen molar-refractivity contribution in [3.8, 4) is 0 Å². The number of nitrogens with two attached hydrogens (primary N) is 1. The van der Waals surface area contributed by atoms with Crippen molar-refractivity contribution in [2.24, 2.45) is 5.73 Å². The van der Waals surface area contributed by atoms with E-state index in [4.69, 9.17) is 10.7 Å². The Morgan fingerprint density at radius 1 is 1.35 bits per heavy atom. The van der Waals surface area contributed by atoms with Crippen LogP contribution < -0.4 is 5.73 Å². The average molecular weight is 311 g/mol. The van der Waals surface area contributed by atoms with E-state index in [1.807, 2.05) is 45.1 Å². The molecule has 0 aliphatic rings. The number of imidazole rings is 1. The molecule has 1 heterocycles. The first-order valence-electron chi connectivity index (χ1n) is 8.13. The minimum absolute atomic E-state index is 0.161. The van der Waals surface area contributed by atoms with Crippen molar-refractivity contribution in [2.45, 2.75) is 47.2 Å². The molecule has 0 bridgehead atoms. The molecule has 4 heteroatoms. The van der Waals surface area contributed by atoms with Gasteiger partial charge in [-0.05, 0) is 50.1 Å². The minimum Gasteiger partial charge on any atom is -0.326 e. The molecule has 0 radical (unpaired) electrons. The number of carbonyl (C=O) groups excluding carboxylic acids is 1. The topological polar surface area (TPSA) is 60.9 Å². The molecule has 2 rings (SSSR count). The summed E-state index contributed by atoms with van der Waals surface area (Å²) in [5, 5.41) is 0. The Hall–Kier alpha value is -2.20. The molecule has 0 aliphatic carbocycles. The summed E-state index contributed by atoms with van der Waals surface area (Å²) in [5.41, 5.74) is 10.6. The standard InChI is InChI=1S/C19H25N3O/c1-5-15(10-13(4)18(23)6-2)19-21-16-11-14(12-20)8-9-17(16)22(19)7-3/h5,8-11H,6-7,12,20H2,1-4H3/b13-10-,15-5+. The molecule has 23 heavy (non-hydrogen) atoms. The molecule has 0 atom stereocenters. The largest absolute Gasteiger partial charge is 0.326 e. The van der Waals surface area contributed by atoms with E-state index in [1.165, 1.54) is 0 Å². The molecular formula is C19H25N3O. The van der Waals surface area contributed by atoms with Gasteiger partial charge in [-0.3, -0.25) is 4.79 Å². The minimum atomic E-state index is 0.161. The van der Waals surface area contributed by atoms with E-state index in [-0.39, 0.29) is 5.78 Å². The molecular weight excluding hydrogens is 286 g/mol. The van der Waals surface area contributed by atoms with Crippen molar-refractivity contribution in [1.29, 1.82) is 0 Å². The van der Waals surface area contributed by atoms with Crippen LogP contribution in [0, 0.1) is 0 Å². The second-order valence-corrected chi connectivity index (χ2v) is 5.55. The number of hydrogen-bond donors (Lipinski definition) is 1. The van der Waals surface area contributed by atoms with E-state index in [9.17, 15) is 4.79 Å². The molecule has 0 unspecified atom stereocenters. The smallest absolute Gasteiger partial charge is 0.158 e. The van der Waals surface area contributed by atoms with Gasteiger partial charge in [0.05, 0.1) is 11.0 Å². The number of allylic oxidation sites excluding steroid dienone is 4. The number of benzene rings is 1. The predicted octanol–water partition coefficient (Wildman–Crippen LogP) is 3.84. The van der Waals surface area contributed by atoms with Gasteiger partial charge in [-0.25, -0.2) is 4.98 Å². The van der Waals surface area contributed by atoms with Gasteiger partial charge >= 0.3 is 0 Å². The second kappa shape index (κ2) is 7.38. The number of ketones is 1. The molecule has 0 aliphatic heterocycles. The van der Waals surface area contributed by atoms with Crippen molar-refractivity contribution in [2.75, 3.05) is 0 Å². The number of fused-ring (bicyclic) bond motifs is 1. The predicted molar refractivity (Wildman–Crippen MR) is 96.0 cm³/mol. The highest BCUT2D eigenvalue weighted by molar-refractivity contribution is 5.97. The van der Waals surface area contributed by atoms with Crippen molar-refractivity contribution < 1.29 is 4.79 Å². The fourth-order valence-electron chi connectivity index (χ4n) is 2.71. The maximum absolute atomic E-state index is 11.9. The van der Waals surface area contributed by atoms with Crippen LogP contribution in [0.3, 0.4) is 0 Å². The Bertz CT molecular complexity index is 781. The lowest BCUT2D eigenvalue weighted by atomic mass is 10.1. The van der Waals surface area contributed by atoms with E-state index >= 15 is 0 Å². The molecule has 2 N–H and O–H groups in total. The number of nitrogens with zero attached hydrogens (tertiary/aromatic N) is 2. The zero-order valence-corrected chi connectivity index (χ0v) is 14.4. The van der Waals surface area contributed by atoms with Crippen LogP contribution in [-0.2, 0) is 17.9 Å². The van der Waals surface area contributed by atoms with Crippen LogP contribution in [0.25, 0.3) is 16.6 Å². The van der Waals surface area contributed by atoms with Crippen LogP contribution in [0.1, 0.15) is 45.5 Å². The first-order chi connectivity index (χ1) is 11.0. The number of aromatic nitrogens is 2. The van der Waals surface area contributed by atoms with Crippen molar-refractivity contribution in [3.05, 3.63) is 47.3 Å². The fraction of sp³-hybridized carbons (Fsp3) is 0.368. The number of Topliss-reactive ketones (excluding diaryl/α,β-unsaturated/α-hetero) is 1. The SMILES string of the molecule is C/C=C(\C=C(\C)C(=O)CC)c1nc2cc(CN)ccc2n1CC. The van der Waals surface area contributed by atoms with Gasteiger partial charge < -0.3 is 10.3 Å². The first kappa shape index (κ1) is 17.2. The van der Waals surface area contributed by atoms with Gasteiger partial charge in [0.2, 0.25) is 0 Å². The van der Waals surface area contributed by atoms with Crippen LogP contribution in [0.2, 0.25) is 0 Å². The first-order valence-corrected chi connectivity index (χ1v) is 8.13. The number of aryl methyl sites for hydroxylation is 1. The summed E-state index contributed by atoms with van der Waals surface area (Å²) in [6.07, 6.45) is 4.45. The lowest BCUT2D eigenvalue weighted by Crippen LogP contribution is -2.02. The Labute approximate surface area is 137 Å². The van der Waals surface area contributed by atoms with Crippen LogP contribution in [0.15, 0.2) is 35.9 Å². The summed E-state index contributed by atoms with van der Waals surface area (Å²) in [4.78, 5) is 16.7. The third-order valence-corrected chi connectivity index (χ3v) is 4.07. The Kier molecular flexibility index (Phi) is 5.50. The van der Waals surface area contributed by atoms with Gasteiger partial charge in [0, 0.05) is 25.1 Å². The zero-order chi connectivity index (χ0) is 17.0. The molecule has 0 saturated carbocycles. The van der Waals surface area contributed by atoms with Gasteiger partial charge in [0.15, 0.2) is 5.78 Å². The Morgan fingerprint density at radius 2 is 2.09 bits per heavy atom. The summed E-state index contributed by atoms with van der Waals surface area (Å²) < 4.78 is 2.17. The van der Waals surface area contributed by atoms with Crippen LogP contribution >= 0.6 is 0 Å². The summed E-state index contributed by atoms with van der Waals surface area (Å²) >= 11 is 0. The van der Waals surface area contributed by atoms with Crippen molar-refractivity contribution in [1.82, 2.24) is 9.55 Å². The van der Waals surface area contributed by atoms with Gasteiger partial charge in [-0.2, -0.15) is 0 Å². The van der Waals surface area contributed by atoms with Gasteiger partial charge in [-0.15, -0.1) is 0 Å². The summed E-state index contributed by atoms with van der Waals surface area (Å²) in [5.74, 6) is 1.05. The second-order valence-electron chi connectivity index (χ2n) is 5.55. The highest BCUT2D eigenvalue weighted by Gasteiger charge is 2.13. The molecule has 0 saturated heterocycles. The maximum atomic E-state index is 11.9. The van der Waals surface area contributed by atoms with Crippen molar-refractivity contribution in [3.63, 3.8) is 0 Å². The molecule has 4 nitrogen and oxygen atoms in total. The van der Waals surface area contributed by atoms with E-state index in [0.717, 1.165) is 40.1 Å². The molecule has 122 valence electrons. The third kappa shape index (κ3) is 3.42. The van der Waals surface area contributed by atoms with Crippen molar-refractivity contribution >= 4 is 22.4 Å². The lowest BCUT2D eigenvalue weighted by Gasteiger charge is -2.08. The monoisotopic (exact) mass is 311 g/mol. The van der Waals surface area contributed by atoms with Gasteiger partial charge in [0.1, 0.15) is 5.82 Å². The van der Waals surface area contributed by atoms with E-state index in [1.54, 1.807) is 0 Å². The van der Waals surface area contributed by atoms with E-state index < -0.39 is 0 Å². The summed E-state index contributed by atoms with van der Waals surface area (Å²) in [7, 11) is 0. The van der Waals surface area contributed by atoms with E-state index in [0.29, 0.717) is 13.0 Å². The Morgan fingerprint density at radius 3 is 2.65 bits per heavy atom. The third-order valence-electron chi connectivity index (χ3n) is 4.07. The Balaban J connectivity index is 2.58. The average Bonchev–Trinajstić information content (AvgIpc) is 2.95. The number of hydrogen-bond acceptors (Lipinski definition) is 3. The maximum Gasteiger partial charge on any atom is 0.158 e. The molecule has 0 spiro atoms. The number of carbonyl (C=O) groups is 1. The molecule has 1 aromatic heterocycles. The highest BCUT2D eigenvalue weighted by Crippen LogP contribution is 2.24. The normalized spacial score (nSPS) is 12.9. The molecule has 0 fully saturated rings. The van der Waals surface area contributed by atoms with Crippen LogP contribution in [0.4, 0.5) is 0 Å². The summed E-state index contributed by atoms with van der Waals surface area (Å²) in [6.45, 7) is 9.14. The van der Waals surface area contributed by atoms with Gasteiger partial charge in [0.25, 0.3) is 0 Å². The molecule has 1 aromatic carbocycles. The highest BCUT2D eigenvalue weighted by atomic mass is 16.1.